The lowest BCUT2D eigenvalue weighted by atomic mass is 10.2. The lowest BCUT2D eigenvalue weighted by Crippen LogP contribution is -2.02. The van der Waals surface area contributed by atoms with Crippen LogP contribution in [0.4, 0.5) is 18.3 Å². The number of nitrogens with zero attached hydrogens (tertiary/aromatic N) is 2. The van der Waals surface area contributed by atoms with Crippen LogP contribution in [0.15, 0.2) is 16.5 Å². The summed E-state index contributed by atoms with van der Waals surface area (Å²) >= 11 is 1.30. The molecule has 0 saturated heterocycles. The van der Waals surface area contributed by atoms with Crippen molar-refractivity contribution in [3.05, 3.63) is 40.2 Å². The number of aromatic nitrogens is 1. The molecule has 1 N–H and O–H groups in total. The standard InChI is InChI=1S/C12H10F3N3OS/c1-6-5-20-12(17-6)18-16-4-7-8(13)3-9(14)11(19-2)10(7)15/h3-5H,1-2H3,(H,17,18). The molecule has 0 fully saturated rings. The Labute approximate surface area is 116 Å². The second-order valence-electron chi connectivity index (χ2n) is 3.77. The molecule has 20 heavy (non-hydrogen) atoms. The zero-order valence-corrected chi connectivity index (χ0v) is 11.4. The van der Waals surface area contributed by atoms with Gasteiger partial charge in [0.05, 0.1) is 24.6 Å². The topological polar surface area (TPSA) is 46.5 Å². The van der Waals surface area contributed by atoms with Crippen LogP contribution in [0.3, 0.4) is 0 Å². The summed E-state index contributed by atoms with van der Waals surface area (Å²) in [6.07, 6.45) is 0.906. The van der Waals surface area contributed by atoms with Gasteiger partial charge in [-0.05, 0) is 6.92 Å². The van der Waals surface area contributed by atoms with Crippen LogP contribution in [-0.2, 0) is 0 Å². The maximum atomic E-state index is 13.8. The van der Waals surface area contributed by atoms with E-state index >= 15 is 0 Å². The van der Waals surface area contributed by atoms with Crippen LogP contribution in [0.2, 0.25) is 0 Å². The van der Waals surface area contributed by atoms with Gasteiger partial charge in [-0.2, -0.15) is 5.10 Å². The molecule has 0 radical (unpaired) electrons. The van der Waals surface area contributed by atoms with Crippen LogP contribution in [0.5, 0.6) is 5.75 Å². The molecule has 4 nitrogen and oxygen atoms in total. The highest BCUT2D eigenvalue weighted by molar-refractivity contribution is 7.13. The highest BCUT2D eigenvalue weighted by atomic mass is 32.1. The zero-order chi connectivity index (χ0) is 14.7. The SMILES string of the molecule is COc1c(F)cc(F)c(C=NNc2nc(C)cs2)c1F. The molecule has 0 bridgehead atoms. The monoisotopic (exact) mass is 301 g/mol. The fourth-order valence-electron chi connectivity index (χ4n) is 1.45. The van der Waals surface area contributed by atoms with Gasteiger partial charge in [0.25, 0.3) is 0 Å². The van der Waals surface area contributed by atoms with E-state index in [9.17, 15) is 13.2 Å². The molecule has 0 amide bonds. The zero-order valence-electron chi connectivity index (χ0n) is 10.6. The number of aryl methyl sites for hydroxylation is 1. The highest BCUT2D eigenvalue weighted by Gasteiger charge is 2.18. The summed E-state index contributed by atoms with van der Waals surface area (Å²) in [5.41, 5.74) is 2.83. The van der Waals surface area contributed by atoms with Crippen molar-refractivity contribution in [3.8, 4) is 5.75 Å². The molecule has 2 aromatic rings. The smallest absolute Gasteiger partial charge is 0.203 e. The fraction of sp³-hybridized carbons (Fsp3) is 0.167. The number of hydrogen-bond acceptors (Lipinski definition) is 5. The van der Waals surface area contributed by atoms with E-state index in [-0.39, 0.29) is 0 Å². The van der Waals surface area contributed by atoms with Crippen LogP contribution in [0.25, 0.3) is 0 Å². The Morgan fingerprint density at radius 1 is 1.35 bits per heavy atom. The highest BCUT2D eigenvalue weighted by Crippen LogP contribution is 2.25. The van der Waals surface area contributed by atoms with Gasteiger partial charge < -0.3 is 4.74 Å². The van der Waals surface area contributed by atoms with Crippen LogP contribution in [0.1, 0.15) is 11.3 Å². The number of thiazole rings is 1. The molecule has 2 rings (SSSR count). The normalized spacial score (nSPS) is 11.1. The molecule has 0 aliphatic carbocycles. The maximum Gasteiger partial charge on any atom is 0.203 e. The quantitative estimate of drug-likeness (QED) is 0.696. The third-order valence-electron chi connectivity index (χ3n) is 2.34. The summed E-state index contributed by atoms with van der Waals surface area (Å²) in [5.74, 6) is -3.98. The third kappa shape index (κ3) is 2.90. The average Bonchev–Trinajstić information content (AvgIpc) is 2.79. The number of anilines is 1. The number of benzene rings is 1. The van der Waals surface area contributed by atoms with Crippen LogP contribution >= 0.6 is 11.3 Å². The molecule has 0 atom stereocenters. The minimum Gasteiger partial charge on any atom is -0.491 e. The number of ether oxygens (including phenoxy) is 1. The molecule has 106 valence electrons. The van der Waals surface area contributed by atoms with Crippen LogP contribution < -0.4 is 10.2 Å². The predicted octanol–water partition coefficient (Wildman–Crippen LogP) is 3.32. The molecule has 8 heteroatoms. The van der Waals surface area contributed by atoms with Gasteiger partial charge >= 0.3 is 0 Å². The Hall–Kier alpha value is -2.09. The lowest BCUT2D eigenvalue weighted by Gasteiger charge is -2.06. The number of nitrogens with one attached hydrogen (secondary N) is 1. The van der Waals surface area contributed by atoms with E-state index in [0.29, 0.717) is 11.2 Å². The summed E-state index contributed by atoms with van der Waals surface area (Å²) in [6, 6.07) is 0.538. The average molecular weight is 301 g/mol. The number of hydrazone groups is 1. The van der Waals surface area contributed by atoms with E-state index in [1.165, 1.54) is 11.3 Å². The maximum absolute atomic E-state index is 13.8. The van der Waals surface area contributed by atoms with Crippen molar-refractivity contribution in [2.45, 2.75) is 6.92 Å². The van der Waals surface area contributed by atoms with Gasteiger partial charge in [-0.3, -0.25) is 5.43 Å². The number of rotatable bonds is 4. The summed E-state index contributed by atoms with van der Waals surface area (Å²) in [6.45, 7) is 1.80. The van der Waals surface area contributed by atoms with E-state index in [1.54, 1.807) is 12.3 Å². The second-order valence-corrected chi connectivity index (χ2v) is 4.62. The summed E-state index contributed by atoms with van der Waals surface area (Å²) < 4.78 is 45.0. The molecule has 1 aromatic heterocycles. The first kappa shape index (κ1) is 14.3. The number of methoxy groups -OCH3 is 1. The fourth-order valence-corrected chi connectivity index (χ4v) is 2.09. The van der Waals surface area contributed by atoms with Gasteiger partial charge in [0.15, 0.2) is 17.4 Å². The van der Waals surface area contributed by atoms with Gasteiger partial charge in [-0.15, -0.1) is 11.3 Å². The van der Waals surface area contributed by atoms with Crippen molar-refractivity contribution in [2.75, 3.05) is 12.5 Å². The van der Waals surface area contributed by atoms with Crippen molar-refractivity contribution >= 4 is 22.7 Å². The Morgan fingerprint density at radius 2 is 2.10 bits per heavy atom. The minimum absolute atomic E-state index is 0.480. The molecule has 0 aliphatic rings. The van der Waals surface area contributed by atoms with Crippen molar-refractivity contribution in [1.29, 1.82) is 0 Å². The molecule has 0 spiro atoms. The summed E-state index contributed by atoms with van der Waals surface area (Å²) in [5, 5.41) is 5.94. The van der Waals surface area contributed by atoms with Crippen molar-refractivity contribution < 1.29 is 17.9 Å². The first-order valence-corrected chi connectivity index (χ1v) is 6.33. The Balaban J connectivity index is 2.24. The van der Waals surface area contributed by atoms with Crippen LogP contribution in [0, 0.1) is 24.4 Å². The Morgan fingerprint density at radius 3 is 2.70 bits per heavy atom. The van der Waals surface area contributed by atoms with Crippen molar-refractivity contribution in [3.63, 3.8) is 0 Å². The van der Waals surface area contributed by atoms with Gasteiger partial charge in [0.1, 0.15) is 5.82 Å². The first-order chi connectivity index (χ1) is 9.52. The number of hydrogen-bond donors (Lipinski definition) is 1. The molecule has 0 saturated carbocycles. The molecular formula is C12H10F3N3OS. The lowest BCUT2D eigenvalue weighted by molar-refractivity contribution is 0.355. The largest absolute Gasteiger partial charge is 0.491 e. The van der Waals surface area contributed by atoms with E-state index in [0.717, 1.165) is 19.0 Å². The molecular weight excluding hydrogens is 291 g/mol. The van der Waals surface area contributed by atoms with E-state index < -0.39 is 28.8 Å². The third-order valence-corrected chi connectivity index (χ3v) is 3.21. The Kier molecular flexibility index (Phi) is 4.23. The summed E-state index contributed by atoms with van der Waals surface area (Å²) in [4.78, 5) is 4.06. The summed E-state index contributed by atoms with van der Waals surface area (Å²) in [7, 11) is 1.09. The molecule has 0 unspecified atom stereocenters. The van der Waals surface area contributed by atoms with Gasteiger partial charge in [0.2, 0.25) is 5.13 Å². The van der Waals surface area contributed by atoms with E-state index in [4.69, 9.17) is 0 Å². The van der Waals surface area contributed by atoms with Gasteiger partial charge in [-0.1, -0.05) is 0 Å². The number of halogens is 3. The van der Waals surface area contributed by atoms with Gasteiger partial charge in [0, 0.05) is 11.4 Å². The molecule has 1 aromatic carbocycles. The van der Waals surface area contributed by atoms with E-state index in [1.807, 2.05) is 0 Å². The van der Waals surface area contributed by atoms with Gasteiger partial charge in [-0.25, -0.2) is 18.2 Å². The molecule has 1 heterocycles. The van der Waals surface area contributed by atoms with E-state index in [2.05, 4.69) is 20.2 Å². The van der Waals surface area contributed by atoms with Crippen LogP contribution in [-0.4, -0.2) is 18.3 Å². The van der Waals surface area contributed by atoms with Crippen molar-refractivity contribution in [1.82, 2.24) is 4.98 Å². The minimum atomic E-state index is -1.15. The first-order valence-electron chi connectivity index (χ1n) is 5.45. The van der Waals surface area contributed by atoms with Crippen molar-refractivity contribution in [2.24, 2.45) is 5.10 Å². The Bertz CT molecular complexity index is 658. The molecule has 0 aliphatic heterocycles. The second kappa shape index (κ2) is 5.91. The predicted molar refractivity (Wildman–Crippen MR) is 70.9 cm³/mol.